The number of anilines is 1. The molecule has 0 radical (unpaired) electrons. The van der Waals surface area contributed by atoms with E-state index in [1.165, 1.54) is 0 Å². The van der Waals surface area contributed by atoms with Gasteiger partial charge in [-0.25, -0.2) is 0 Å². The number of carbonyl (C=O) groups is 1. The maximum atomic E-state index is 12.3. The molecule has 0 spiro atoms. The van der Waals surface area contributed by atoms with Crippen LogP contribution in [-0.2, 0) is 11.3 Å². The zero-order valence-electron chi connectivity index (χ0n) is 15.4. The molecule has 1 amide bonds. The quantitative estimate of drug-likeness (QED) is 0.634. The molecule has 0 unspecified atom stereocenters. The Kier molecular flexibility index (Phi) is 7.70. The summed E-state index contributed by atoms with van der Waals surface area (Å²) in [4.78, 5) is 16.5. The van der Waals surface area contributed by atoms with Crippen molar-refractivity contribution in [3.8, 4) is 11.5 Å². The highest BCUT2D eigenvalue weighted by Gasteiger charge is 2.09. The highest BCUT2D eigenvalue weighted by Crippen LogP contribution is 2.27. The van der Waals surface area contributed by atoms with Gasteiger partial charge in [0.05, 0.1) is 14.2 Å². The third kappa shape index (κ3) is 5.63. The number of benzene rings is 1. The predicted molar refractivity (Wildman–Crippen MR) is 99.9 cm³/mol. The van der Waals surface area contributed by atoms with Gasteiger partial charge in [0, 0.05) is 38.7 Å². The van der Waals surface area contributed by atoms with Crippen molar-refractivity contribution in [3.05, 3.63) is 47.8 Å². The van der Waals surface area contributed by atoms with E-state index in [0.717, 1.165) is 24.2 Å². The second kappa shape index (κ2) is 10.2. The molecule has 1 heterocycles. The van der Waals surface area contributed by atoms with Crippen molar-refractivity contribution in [3.63, 3.8) is 0 Å². The van der Waals surface area contributed by atoms with Crippen LogP contribution in [0.5, 0.6) is 11.5 Å². The average molecular weight is 359 g/mol. The van der Waals surface area contributed by atoms with Gasteiger partial charge in [-0.15, -0.1) is 0 Å². The first kappa shape index (κ1) is 19.5. The predicted octanol–water partition coefficient (Wildman–Crippen LogP) is 2.48. The van der Waals surface area contributed by atoms with Crippen LogP contribution in [0.15, 0.2) is 36.5 Å². The molecule has 0 saturated heterocycles. The molecule has 140 valence electrons. The second-order valence-corrected chi connectivity index (χ2v) is 5.57. The van der Waals surface area contributed by atoms with Gasteiger partial charge in [0.1, 0.15) is 5.69 Å². The Morgan fingerprint density at radius 1 is 1.08 bits per heavy atom. The van der Waals surface area contributed by atoms with Gasteiger partial charge in [0.25, 0.3) is 5.91 Å². The van der Waals surface area contributed by atoms with Crippen molar-refractivity contribution >= 4 is 11.6 Å². The van der Waals surface area contributed by atoms with Crippen LogP contribution in [0.25, 0.3) is 0 Å². The van der Waals surface area contributed by atoms with E-state index in [1.54, 1.807) is 33.6 Å². The zero-order valence-corrected chi connectivity index (χ0v) is 15.4. The molecule has 7 heteroatoms. The summed E-state index contributed by atoms with van der Waals surface area (Å²) in [6, 6.07) is 9.08. The highest BCUT2D eigenvalue weighted by atomic mass is 16.5. The lowest BCUT2D eigenvalue weighted by Gasteiger charge is -2.11. The van der Waals surface area contributed by atoms with E-state index in [1.807, 2.05) is 24.3 Å². The number of nitrogens with zero attached hydrogens (tertiary/aromatic N) is 1. The fraction of sp³-hybridized carbons (Fsp3) is 0.368. The van der Waals surface area contributed by atoms with Gasteiger partial charge in [-0.1, -0.05) is 6.07 Å². The van der Waals surface area contributed by atoms with Crippen LogP contribution in [0.2, 0.25) is 0 Å². The maximum absolute atomic E-state index is 12.3. The lowest BCUT2D eigenvalue weighted by Crippen LogP contribution is -2.24. The number of hydrogen-bond acceptors (Lipinski definition) is 6. The molecule has 0 aliphatic heterocycles. The number of nitrogens with one attached hydrogen (secondary N) is 2. The Labute approximate surface area is 153 Å². The van der Waals surface area contributed by atoms with Gasteiger partial charge in [0.2, 0.25) is 0 Å². The molecule has 1 aromatic carbocycles. The third-order valence-electron chi connectivity index (χ3n) is 3.75. The van der Waals surface area contributed by atoms with Crippen LogP contribution in [0, 0.1) is 0 Å². The van der Waals surface area contributed by atoms with Gasteiger partial charge in [0.15, 0.2) is 11.5 Å². The Morgan fingerprint density at radius 3 is 2.62 bits per heavy atom. The zero-order chi connectivity index (χ0) is 18.8. The van der Waals surface area contributed by atoms with Crippen molar-refractivity contribution in [2.45, 2.75) is 13.0 Å². The Hall–Kier alpha value is -2.80. The number of methoxy groups -OCH3 is 3. The van der Waals surface area contributed by atoms with E-state index < -0.39 is 0 Å². The molecule has 7 nitrogen and oxygen atoms in total. The second-order valence-electron chi connectivity index (χ2n) is 5.57. The van der Waals surface area contributed by atoms with Crippen molar-refractivity contribution in [1.29, 1.82) is 0 Å². The fourth-order valence-corrected chi connectivity index (χ4v) is 2.38. The molecule has 2 aromatic rings. The molecule has 0 fully saturated rings. The standard InChI is InChI=1S/C19H25N3O4/c1-24-10-4-8-20-15-7-9-21-16(12-15)19(23)22-13-14-5-6-17(25-2)18(11-14)26-3/h5-7,9,11-12H,4,8,10,13H2,1-3H3,(H,20,21)(H,22,23). The molecular formula is C19H25N3O4. The van der Waals surface area contributed by atoms with Crippen LogP contribution in [-0.4, -0.2) is 45.4 Å². The summed E-state index contributed by atoms with van der Waals surface area (Å²) in [5.41, 5.74) is 2.12. The molecule has 0 aliphatic rings. The minimum atomic E-state index is -0.236. The number of hydrogen-bond donors (Lipinski definition) is 2. The summed E-state index contributed by atoms with van der Waals surface area (Å²) in [6.07, 6.45) is 2.50. The summed E-state index contributed by atoms with van der Waals surface area (Å²) in [5, 5.41) is 6.11. The Balaban J connectivity index is 1.93. The fourth-order valence-electron chi connectivity index (χ4n) is 2.38. The maximum Gasteiger partial charge on any atom is 0.270 e. The van der Waals surface area contributed by atoms with Gasteiger partial charge < -0.3 is 24.8 Å². The first-order valence-corrected chi connectivity index (χ1v) is 8.36. The van der Waals surface area contributed by atoms with Crippen molar-refractivity contribution in [1.82, 2.24) is 10.3 Å². The number of rotatable bonds is 10. The number of aromatic nitrogens is 1. The number of ether oxygens (including phenoxy) is 3. The molecule has 0 atom stereocenters. The molecule has 0 aliphatic carbocycles. The smallest absolute Gasteiger partial charge is 0.270 e. The largest absolute Gasteiger partial charge is 0.493 e. The van der Waals surface area contributed by atoms with Gasteiger partial charge >= 0.3 is 0 Å². The SMILES string of the molecule is COCCCNc1ccnc(C(=O)NCc2ccc(OC)c(OC)c2)c1. The molecule has 0 bridgehead atoms. The highest BCUT2D eigenvalue weighted by molar-refractivity contribution is 5.93. The van der Waals surface area contributed by atoms with Crippen molar-refractivity contribution < 1.29 is 19.0 Å². The summed E-state index contributed by atoms with van der Waals surface area (Å²) in [7, 11) is 4.84. The van der Waals surface area contributed by atoms with E-state index in [0.29, 0.717) is 30.3 Å². The topological polar surface area (TPSA) is 81.7 Å². The molecule has 0 saturated carbocycles. The summed E-state index contributed by atoms with van der Waals surface area (Å²) < 4.78 is 15.5. The first-order valence-electron chi connectivity index (χ1n) is 8.36. The molecule has 1 aromatic heterocycles. The summed E-state index contributed by atoms with van der Waals surface area (Å²) in [5.74, 6) is 1.04. The lowest BCUT2D eigenvalue weighted by molar-refractivity contribution is 0.0946. The number of pyridine rings is 1. The minimum Gasteiger partial charge on any atom is -0.493 e. The number of amides is 1. The van der Waals surface area contributed by atoms with Crippen molar-refractivity contribution in [2.24, 2.45) is 0 Å². The van der Waals surface area contributed by atoms with E-state index in [-0.39, 0.29) is 5.91 Å². The average Bonchev–Trinajstić information content (AvgIpc) is 2.69. The van der Waals surface area contributed by atoms with Crippen LogP contribution < -0.4 is 20.1 Å². The van der Waals surface area contributed by atoms with Gasteiger partial charge in [-0.2, -0.15) is 0 Å². The number of carbonyl (C=O) groups excluding carboxylic acids is 1. The summed E-state index contributed by atoms with van der Waals surface area (Å²) >= 11 is 0. The molecule has 2 rings (SSSR count). The molecular weight excluding hydrogens is 334 g/mol. The first-order chi connectivity index (χ1) is 12.7. The van der Waals surface area contributed by atoms with Crippen LogP contribution in [0.3, 0.4) is 0 Å². The van der Waals surface area contributed by atoms with Crippen LogP contribution >= 0.6 is 0 Å². The third-order valence-corrected chi connectivity index (χ3v) is 3.75. The van der Waals surface area contributed by atoms with E-state index in [4.69, 9.17) is 14.2 Å². The molecule has 2 N–H and O–H groups in total. The summed E-state index contributed by atoms with van der Waals surface area (Å²) in [6.45, 7) is 1.83. The van der Waals surface area contributed by atoms with Crippen molar-refractivity contribution in [2.75, 3.05) is 39.8 Å². The molecule has 26 heavy (non-hydrogen) atoms. The normalized spacial score (nSPS) is 10.3. The monoisotopic (exact) mass is 359 g/mol. The Morgan fingerprint density at radius 2 is 1.88 bits per heavy atom. The van der Waals surface area contributed by atoms with Gasteiger partial charge in [-0.05, 0) is 36.2 Å². The lowest BCUT2D eigenvalue weighted by atomic mass is 10.2. The van der Waals surface area contributed by atoms with E-state index >= 15 is 0 Å². The van der Waals surface area contributed by atoms with Crippen LogP contribution in [0.4, 0.5) is 5.69 Å². The van der Waals surface area contributed by atoms with Gasteiger partial charge in [-0.3, -0.25) is 9.78 Å². The van der Waals surface area contributed by atoms with Crippen LogP contribution in [0.1, 0.15) is 22.5 Å². The van der Waals surface area contributed by atoms with E-state index in [9.17, 15) is 4.79 Å². The Bertz CT molecular complexity index is 722. The minimum absolute atomic E-state index is 0.236. The van der Waals surface area contributed by atoms with E-state index in [2.05, 4.69) is 15.6 Å².